The first-order valence-electron chi connectivity index (χ1n) is 9.97. The molecule has 2 aromatic carbocycles. The Kier molecular flexibility index (Phi) is 8.08. The largest absolute Gasteiger partial charge is 0.444 e. The van der Waals surface area contributed by atoms with Crippen molar-refractivity contribution in [1.82, 2.24) is 4.90 Å². The number of benzene rings is 2. The zero-order chi connectivity index (χ0) is 23.2. The summed E-state index contributed by atoms with van der Waals surface area (Å²) in [5.41, 5.74) is 5.70. The van der Waals surface area contributed by atoms with Crippen molar-refractivity contribution >= 4 is 6.09 Å². The molecule has 31 heavy (non-hydrogen) atoms. The molecule has 170 valence electrons. The van der Waals surface area contributed by atoms with Crippen molar-refractivity contribution in [2.24, 2.45) is 5.73 Å². The summed E-state index contributed by atoms with van der Waals surface area (Å²) >= 11 is 0. The van der Waals surface area contributed by atoms with Gasteiger partial charge in [-0.05, 0) is 50.5 Å². The lowest BCUT2D eigenvalue weighted by Gasteiger charge is -2.30. The van der Waals surface area contributed by atoms with E-state index in [0.717, 1.165) is 17.7 Å². The Labute approximate surface area is 180 Å². The van der Waals surface area contributed by atoms with Crippen molar-refractivity contribution in [3.8, 4) is 0 Å². The molecule has 1 unspecified atom stereocenters. The third-order valence-corrected chi connectivity index (χ3v) is 4.50. The Hall–Kier alpha value is -2.58. The Morgan fingerprint density at radius 3 is 2.26 bits per heavy atom. The smallest absolute Gasteiger partial charge is 0.416 e. The quantitative estimate of drug-likeness (QED) is 0.673. The molecule has 0 radical (unpaired) electrons. The summed E-state index contributed by atoms with van der Waals surface area (Å²) in [4.78, 5) is 13.9. The summed E-state index contributed by atoms with van der Waals surface area (Å²) in [6.45, 7) is 4.72. The highest BCUT2D eigenvalue weighted by atomic mass is 19.4. The molecule has 0 aromatic heterocycles. The van der Waals surface area contributed by atoms with Crippen LogP contribution in [0.5, 0.6) is 0 Å². The molecule has 0 fully saturated rings. The number of aliphatic hydroxyl groups excluding tert-OH is 1. The van der Waals surface area contributed by atoms with Crippen LogP contribution in [0.3, 0.4) is 0 Å². The van der Waals surface area contributed by atoms with Crippen LogP contribution in [0.1, 0.15) is 37.5 Å². The SMILES string of the molecule is CC(C)(C)OC(=O)N(Cc1cccc(C(F)(F)F)c1)C[C@@H](O)C(N)Cc1ccccc1. The van der Waals surface area contributed by atoms with Gasteiger partial charge in [0.2, 0.25) is 0 Å². The van der Waals surface area contributed by atoms with Crippen LogP contribution in [-0.2, 0) is 23.9 Å². The Bertz CT molecular complexity index is 851. The monoisotopic (exact) mass is 438 g/mol. The Morgan fingerprint density at radius 2 is 1.68 bits per heavy atom. The predicted molar refractivity (Wildman–Crippen MR) is 112 cm³/mol. The second-order valence-electron chi connectivity index (χ2n) is 8.48. The maximum absolute atomic E-state index is 13.0. The number of ether oxygens (including phenoxy) is 1. The van der Waals surface area contributed by atoms with Gasteiger partial charge in [0.25, 0.3) is 0 Å². The van der Waals surface area contributed by atoms with E-state index in [1.54, 1.807) is 20.8 Å². The normalized spacial score (nSPS) is 14.1. The van der Waals surface area contributed by atoms with E-state index in [0.29, 0.717) is 6.42 Å². The Morgan fingerprint density at radius 1 is 1.06 bits per heavy atom. The van der Waals surface area contributed by atoms with Gasteiger partial charge in [0, 0.05) is 12.6 Å². The number of nitrogens with zero attached hydrogens (tertiary/aromatic N) is 1. The molecule has 0 heterocycles. The molecule has 5 nitrogen and oxygen atoms in total. The molecular weight excluding hydrogens is 409 g/mol. The third-order valence-electron chi connectivity index (χ3n) is 4.50. The summed E-state index contributed by atoms with van der Waals surface area (Å²) in [6, 6.07) is 13.4. The van der Waals surface area contributed by atoms with Gasteiger partial charge in [0.15, 0.2) is 0 Å². The first kappa shape index (κ1) is 24.7. The molecule has 0 bridgehead atoms. The van der Waals surface area contributed by atoms with Crippen LogP contribution >= 0.6 is 0 Å². The zero-order valence-electron chi connectivity index (χ0n) is 17.9. The van der Waals surface area contributed by atoms with Gasteiger partial charge < -0.3 is 20.5 Å². The van der Waals surface area contributed by atoms with Crippen LogP contribution in [0.25, 0.3) is 0 Å². The maximum Gasteiger partial charge on any atom is 0.416 e. The number of nitrogens with two attached hydrogens (primary N) is 1. The molecule has 2 atom stereocenters. The maximum atomic E-state index is 13.0. The van der Waals surface area contributed by atoms with Gasteiger partial charge in [-0.3, -0.25) is 0 Å². The average Bonchev–Trinajstić information content (AvgIpc) is 2.66. The number of hydrogen-bond donors (Lipinski definition) is 2. The van der Waals surface area contributed by atoms with E-state index in [1.165, 1.54) is 17.0 Å². The average molecular weight is 438 g/mol. The predicted octanol–water partition coefficient (Wildman–Crippen LogP) is 4.37. The number of aliphatic hydroxyl groups is 1. The number of carbonyl (C=O) groups excluding carboxylic acids is 1. The third kappa shape index (κ3) is 8.22. The summed E-state index contributed by atoms with van der Waals surface area (Å²) < 4.78 is 44.5. The van der Waals surface area contributed by atoms with Gasteiger partial charge in [-0.15, -0.1) is 0 Å². The van der Waals surface area contributed by atoms with Crippen molar-refractivity contribution < 1.29 is 27.8 Å². The number of halogens is 3. The van der Waals surface area contributed by atoms with Crippen LogP contribution in [0.4, 0.5) is 18.0 Å². The molecule has 0 aliphatic heterocycles. The molecule has 0 aliphatic carbocycles. The van der Waals surface area contributed by atoms with E-state index in [2.05, 4.69) is 0 Å². The molecule has 3 N–H and O–H groups in total. The highest BCUT2D eigenvalue weighted by Crippen LogP contribution is 2.30. The lowest BCUT2D eigenvalue weighted by atomic mass is 10.0. The van der Waals surface area contributed by atoms with Gasteiger partial charge in [0.1, 0.15) is 5.60 Å². The number of hydrogen-bond acceptors (Lipinski definition) is 4. The standard InChI is InChI=1S/C23H29F3N2O3/c1-22(2,3)31-21(30)28(14-17-10-7-11-18(12-17)23(24,25)26)15-20(29)19(27)13-16-8-5-4-6-9-16/h4-12,19-20,29H,13-15,27H2,1-3H3/t19?,20-/m1/s1. The van der Waals surface area contributed by atoms with Crippen LogP contribution < -0.4 is 5.73 Å². The van der Waals surface area contributed by atoms with E-state index < -0.39 is 35.6 Å². The van der Waals surface area contributed by atoms with Crippen molar-refractivity contribution in [3.05, 3.63) is 71.3 Å². The van der Waals surface area contributed by atoms with Crippen molar-refractivity contribution in [2.45, 2.75) is 57.7 Å². The fourth-order valence-electron chi connectivity index (χ4n) is 2.98. The van der Waals surface area contributed by atoms with Gasteiger partial charge in [0.05, 0.1) is 18.2 Å². The number of amides is 1. The summed E-state index contributed by atoms with van der Waals surface area (Å²) in [5.74, 6) is 0. The topological polar surface area (TPSA) is 75.8 Å². The minimum Gasteiger partial charge on any atom is -0.444 e. The second kappa shape index (κ2) is 10.2. The first-order chi connectivity index (χ1) is 14.3. The molecule has 1 amide bonds. The molecule has 2 rings (SSSR count). The van der Waals surface area contributed by atoms with Crippen molar-refractivity contribution in [3.63, 3.8) is 0 Å². The molecule has 0 saturated carbocycles. The summed E-state index contributed by atoms with van der Waals surface area (Å²) in [7, 11) is 0. The van der Waals surface area contributed by atoms with Crippen LogP contribution in [0, 0.1) is 0 Å². The molecule has 0 aliphatic rings. The van der Waals surface area contributed by atoms with Gasteiger partial charge in [-0.1, -0.05) is 42.5 Å². The van der Waals surface area contributed by atoms with Crippen LogP contribution in [0.15, 0.2) is 54.6 Å². The van der Waals surface area contributed by atoms with Gasteiger partial charge in [-0.25, -0.2) is 4.79 Å². The molecule has 0 saturated heterocycles. The Balaban J connectivity index is 2.17. The van der Waals surface area contributed by atoms with Crippen LogP contribution in [0.2, 0.25) is 0 Å². The molecule has 0 spiro atoms. The number of rotatable bonds is 7. The first-order valence-corrected chi connectivity index (χ1v) is 9.97. The van der Waals surface area contributed by atoms with Gasteiger partial charge >= 0.3 is 12.3 Å². The lowest BCUT2D eigenvalue weighted by Crippen LogP contribution is -2.47. The lowest BCUT2D eigenvalue weighted by molar-refractivity contribution is -0.137. The second-order valence-corrected chi connectivity index (χ2v) is 8.48. The van der Waals surface area contributed by atoms with E-state index in [4.69, 9.17) is 10.5 Å². The van der Waals surface area contributed by atoms with E-state index in [9.17, 15) is 23.1 Å². The molecule has 2 aromatic rings. The minimum atomic E-state index is -4.50. The van der Waals surface area contributed by atoms with Crippen LogP contribution in [-0.4, -0.2) is 40.4 Å². The molecular formula is C23H29F3N2O3. The number of alkyl halides is 3. The molecule has 8 heteroatoms. The van der Waals surface area contributed by atoms with Crippen molar-refractivity contribution in [2.75, 3.05) is 6.54 Å². The fraction of sp³-hybridized carbons (Fsp3) is 0.435. The summed E-state index contributed by atoms with van der Waals surface area (Å²) in [5, 5.41) is 10.6. The van der Waals surface area contributed by atoms with Crippen molar-refractivity contribution in [1.29, 1.82) is 0 Å². The fourth-order valence-corrected chi connectivity index (χ4v) is 2.98. The van der Waals surface area contributed by atoms with E-state index >= 15 is 0 Å². The zero-order valence-corrected chi connectivity index (χ0v) is 17.9. The highest BCUT2D eigenvalue weighted by molar-refractivity contribution is 5.68. The summed E-state index contributed by atoms with van der Waals surface area (Å²) in [6.07, 6.45) is -5.95. The minimum absolute atomic E-state index is 0.159. The van der Waals surface area contributed by atoms with E-state index in [1.807, 2.05) is 30.3 Å². The number of carbonyl (C=O) groups is 1. The van der Waals surface area contributed by atoms with Gasteiger partial charge in [-0.2, -0.15) is 13.2 Å². The van der Waals surface area contributed by atoms with E-state index in [-0.39, 0.29) is 18.7 Å². The highest BCUT2D eigenvalue weighted by Gasteiger charge is 2.31.